The number of aryl methyl sites for hydroxylation is 1. The highest BCUT2D eigenvalue weighted by Gasteiger charge is 2.56. The summed E-state index contributed by atoms with van der Waals surface area (Å²) in [5, 5.41) is 3.45. The summed E-state index contributed by atoms with van der Waals surface area (Å²) in [6.07, 6.45) is 8.22. The standard InChI is InChI=1S/C17H31N5O2S/c1-3-21-11-9-20-16(21)14-22(10-4-12-25(23,24)18-2)15-13-17(15)5-7-19-8-6-17/h9,11,15,18-19H,3-8,10,12-14H2,1-2H3. The first kappa shape index (κ1) is 18.8. The van der Waals surface area contributed by atoms with Gasteiger partial charge >= 0.3 is 0 Å². The van der Waals surface area contributed by atoms with Crippen LogP contribution in [0, 0.1) is 5.41 Å². The molecule has 1 aromatic rings. The van der Waals surface area contributed by atoms with E-state index < -0.39 is 10.0 Å². The van der Waals surface area contributed by atoms with Crippen molar-refractivity contribution in [1.29, 1.82) is 0 Å². The number of aromatic nitrogens is 2. The van der Waals surface area contributed by atoms with Crippen LogP contribution >= 0.6 is 0 Å². The normalized spacial score (nSPS) is 22.6. The fourth-order valence-corrected chi connectivity index (χ4v) is 4.88. The van der Waals surface area contributed by atoms with Crippen molar-refractivity contribution in [2.75, 3.05) is 32.4 Å². The van der Waals surface area contributed by atoms with Gasteiger partial charge in [0.05, 0.1) is 12.3 Å². The second-order valence-corrected chi connectivity index (χ2v) is 9.35. The first-order valence-corrected chi connectivity index (χ1v) is 11.0. The van der Waals surface area contributed by atoms with Crippen LogP contribution in [0.25, 0.3) is 0 Å². The molecule has 0 radical (unpaired) electrons. The summed E-state index contributed by atoms with van der Waals surface area (Å²) >= 11 is 0. The van der Waals surface area contributed by atoms with Gasteiger partial charge in [-0.2, -0.15) is 0 Å². The predicted octanol–water partition coefficient (Wildman–Crippen LogP) is 0.786. The Labute approximate surface area is 151 Å². The maximum absolute atomic E-state index is 11.7. The highest BCUT2D eigenvalue weighted by molar-refractivity contribution is 7.89. The minimum absolute atomic E-state index is 0.184. The molecule has 1 saturated carbocycles. The van der Waals surface area contributed by atoms with E-state index in [0.717, 1.165) is 38.5 Å². The molecule has 2 aliphatic rings. The summed E-state index contributed by atoms with van der Waals surface area (Å²) in [6, 6.07) is 0.564. The number of hydrogen-bond acceptors (Lipinski definition) is 5. The number of hydrogen-bond donors (Lipinski definition) is 2. The molecule has 1 aliphatic carbocycles. The van der Waals surface area contributed by atoms with Gasteiger partial charge in [0.25, 0.3) is 0 Å². The minimum Gasteiger partial charge on any atom is -0.334 e. The monoisotopic (exact) mass is 369 g/mol. The molecule has 0 bridgehead atoms. The minimum atomic E-state index is -3.14. The Morgan fingerprint density at radius 2 is 2.20 bits per heavy atom. The van der Waals surface area contributed by atoms with Crippen LogP contribution in [-0.2, 0) is 23.1 Å². The average Bonchev–Trinajstić information content (AvgIpc) is 3.09. The van der Waals surface area contributed by atoms with Gasteiger partial charge in [0.2, 0.25) is 10.0 Å². The van der Waals surface area contributed by atoms with Crippen molar-refractivity contribution in [3.63, 3.8) is 0 Å². The van der Waals surface area contributed by atoms with Crippen molar-refractivity contribution in [1.82, 2.24) is 24.5 Å². The summed E-state index contributed by atoms with van der Waals surface area (Å²) in [5.74, 6) is 1.26. The number of piperidine rings is 1. The lowest BCUT2D eigenvalue weighted by molar-refractivity contribution is 0.190. The van der Waals surface area contributed by atoms with Gasteiger partial charge in [-0.15, -0.1) is 0 Å². The van der Waals surface area contributed by atoms with E-state index in [-0.39, 0.29) is 5.75 Å². The molecule has 7 nitrogen and oxygen atoms in total. The molecule has 1 aliphatic heterocycles. The molecule has 25 heavy (non-hydrogen) atoms. The van der Waals surface area contributed by atoms with Gasteiger partial charge in [-0.25, -0.2) is 18.1 Å². The fraction of sp³-hybridized carbons (Fsp3) is 0.824. The molecule has 2 N–H and O–H groups in total. The second-order valence-electron chi connectivity index (χ2n) is 7.31. The van der Waals surface area contributed by atoms with E-state index >= 15 is 0 Å². The summed E-state index contributed by atoms with van der Waals surface area (Å²) in [4.78, 5) is 7.00. The zero-order valence-electron chi connectivity index (χ0n) is 15.4. The maximum Gasteiger partial charge on any atom is 0.211 e. The Morgan fingerprint density at radius 1 is 1.44 bits per heavy atom. The number of rotatable bonds is 9. The van der Waals surface area contributed by atoms with E-state index in [0.29, 0.717) is 17.9 Å². The van der Waals surface area contributed by atoms with Crippen LogP contribution < -0.4 is 10.0 Å². The first-order valence-electron chi connectivity index (χ1n) is 9.36. The lowest BCUT2D eigenvalue weighted by Gasteiger charge is -2.29. The third-order valence-corrected chi connectivity index (χ3v) is 7.29. The Morgan fingerprint density at radius 3 is 2.88 bits per heavy atom. The molecule has 1 atom stereocenters. The van der Waals surface area contributed by atoms with E-state index in [2.05, 4.69) is 31.4 Å². The van der Waals surface area contributed by atoms with Gasteiger partial charge in [0.1, 0.15) is 5.82 Å². The molecule has 1 unspecified atom stereocenters. The van der Waals surface area contributed by atoms with Crippen molar-refractivity contribution >= 4 is 10.0 Å². The van der Waals surface area contributed by atoms with Crippen LogP contribution in [0.15, 0.2) is 12.4 Å². The number of nitrogens with one attached hydrogen (secondary N) is 2. The van der Waals surface area contributed by atoms with E-state index in [1.54, 1.807) is 0 Å². The zero-order chi connectivity index (χ0) is 17.9. The number of sulfonamides is 1. The van der Waals surface area contributed by atoms with Crippen LogP contribution in [0.5, 0.6) is 0 Å². The quantitative estimate of drug-likeness (QED) is 0.673. The van der Waals surface area contributed by atoms with Crippen LogP contribution in [-0.4, -0.2) is 61.3 Å². The SMILES string of the molecule is CCn1ccnc1CN(CCCS(=O)(=O)NC)C1CC12CCNCC2. The number of imidazole rings is 1. The largest absolute Gasteiger partial charge is 0.334 e. The molecule has 8 heteroatoms. The highest BCUT2D eigenvalue weighted by Crippen LogP contribution is 2.56. The van der Waals surface area contributed by atoms with Crippen LogP contribution in [0.3, 0.4) is 0 Å². The lowest BCUT2D eigenvalue weighted by Crippen LogP contribution is -2.37. The third-order valence-electron chi connectivity index (χ3n) is 5.84. The van der Waals surface area contributed by atoms with Crippen LogP contribution in [0.1, 0.15) is 38.4 Å². The fourth-order valence-electron chi connectivity index (χ4n) is 4.17. The van der Waals surface area contributed by atoms with Crippen molar-refractivity contribution in [3.05, 3.63) is 18.2 Å². The molecule has 3 rings (SSSR count). The summed E-state index contributed by atoms with van der Waals surface area (Å²) in [7, 11) is -1.65. The Kier molecular flexibility index (Phi) is 5.82. The van der Waals surface area contributed by atoms with Gasteiger partial charge in [-0.05, 0) is 64.7 Å². The molecule has 2 heterocycles. The van der Waals surface area contributed by atoms with Gasteiger partial charge in [-0.1, -0.05) is 0 Å². The first-order chi connectivity index (χ1) is 12.0. The van der Waals surface area contributed by atoms with E-state index in [1.807, 2.05) is 12.4 Å². The molecule has 142 valence electrons. The van der Waals surface area contributed by atoms with Crippen molar-refractivity contribution in [3.8, 4) is 0 Å². The topological polar surface area (TPSA) is 79.3 Å². The third kappa shape index (κ3) is 4.42. The van der Waals surface area contributed by atoms with E-state index in [1.165, 1.54) is 26.3 Å². The van der Waals surface area contributed by atoms with Crippen molar-refractivity contribution in [2.24, 2.45) is 5.41 Å². The summed E-state index contributed by atoms with van der Waals surface area (Å²) < 4.78 is 28.0. The molecule has 0 aromatic carbocycles. The molecule has 1 spiro atoms. The molecular weight excluding hydrogens is 338 g/mol. The van der Waals surface area contributed by atoms with Crippen LogP contribution in [0.4, 0.5) is 0 Å². The Bertz CT molecular complexity index is 666. The highest BCUT2D eigenvalue weighted by atomic mass is 32.2. The lowest BCUT2D eigenvalue weighted by atomic mass is 9.93. The second kappa shape index (κ2) is 7.73. The predicted molar refractivity (Wildman–Crippen MR) is 98.7 cm³/mol. The summed E-state index contributed by atoms with van der Waals surface area (Å²) in [5.41, 5.74) is 0.441. The Balaban J connectivity index is 1.66. The summed E-state index contributed by atoms with van der Waals surface area (Å²) in [6.45, 7) is 6.85. The smallest absolute Gasteiger partial charge is 0.211 e. The van der Waals surface area contributed by atoms with Gasteiger partial charge < -0.3 is 9.88 Å². The number of nitrogens with zero attached hydrogens (tertiary/aromatic N) is 3. The average molecular weight is 370 g/mol. The van der Waals surface area contributed by atoms with Gasteiger partial charge in [0.15, 0.2) is 0 Å². The van der Waals surface area contributed by atoms with Crippen molar-refractivity contribution < 1.29 is 8.42 Å². The molecular formula is C17H31N5O2S. The molecule has 1 aromatic heterocycles. The van der Waals surface area contributed by atoms with Gasteiger partial charge in [-0.3, -0.25) is 4.90 Å². The van der Waals surface area contributed by atoms with E-state index in [9.17, 15) is 8.42 Å². The molecule has 1 saturated heterocycles. The van der Waals surface area contributed by atoms with E-state index in [4.69, 9.17) is 0 Å². The van der Waals surface area contributed by atoms with Gasteiger partial charge in [0, 0.05) is 25.0 Å². The maximum atomic E-state index is 11.7. The Hall–Kier alpha value is -0.960. The van der Waals surface area contributed by atoms with Crippen molar-refractivity contribution in [2.45, 2.75) is 51.7 Å². The molecule has 0 amide bonds. The zero-order valence-corrected chi connectivity index (χ0v) is 16.2. The van der Waals surface area contributed by atoms with Crippen LogP contribution in [0.2, 0.25) is 0 Å². The molecule has 2 fully saturated rings.